The zero-order valence-electron chi connectivity index (χ0n) is 21.2. The quantitative estimate of drug-likeness (QED) is 0.379. The number of carbonyl (C=O) groups excluding carboxylic acids is 1. The SMILES string of the molecule is COc1ccc(-c2nc3c(C(=O)N4CCN([C@@H](C)c5ccncc5)CC4)cnn3c(C(F)(F)F)c2C)cc1. The second-order valence-corrected chi connectivity index (χ2v) is 9.24. The van der Waals surface area contributed by atoms with Crippen LogP contribution in [-0.2, 0) is 6.18 Å². The molecule has 1 aliphatic heterocycles. The summed E-state index contributed by atoms with van der Waals surface area (Å²) in [5.74, 6) is 0.183. The predicted molar refractivity (Wildman–Crippen MR) is 135 cm³/mol. The lowest BCUT2D eigenvalue weighted by Crippen LogP contribution is -2.49. The number of methoxy groups -OCH3 is 1. The summed E-state index contributed by atoms with van der Waals surface area (Å²) in [4.78, 5) is 26.0. The molecule has 1 saturated heterocycles. The van der Waals surface area contributed by atoms with Gasteiger partial charge in [0.1, 0.15) is 11.3 Å². The van der Waals surface area contributed by atoms with E-state index in [9.17, 15) is 18.0 Å². The molecule has 0 saturated carbocycles. The molecule has 1 aliphatic rings. The fourth-order valence-corrected chi connectivity index (χ4v) is 4.92. The summed E-state index contributed by atoms with van der Waals surface area (Å²) >= 11 is 0. The van der Waals surface area contributed by atoms with E-state index in [-0.39, 0.29) is 34.4 Å². The Hall–Kier alpha value is -3.99. The molecular weight excluding hydrogens is 497 g/mol. The molecule has 0 spiro atoms. The van der Waals surface area contributed by atoms with Crippen molar-refractivity contribution in [2.45, 2.75) is 26.1 Å². The lowest BCUT2D eigenvalue weighted by molar-refractivity contribution is -0.143. The van der Waals surface area contributed by atoms with Gasteiger partial charge < -0.3 is 9.64 Å². The fourth-order valence-electron chi connectivity index (χ4n) is 4.92. The number of pyridine rings is 1. The number of aromatic nitrogens is 4. The van der Waals surface area contributed by atoms with E-state index < -0.39 is 11.9 Å². The van der Waals surface area contributed by atoms with Crippen LogP contribution in [0.5, 0.6) is 5.75 Å². The van der Waals surface area contributed by atoms with Crippen LogP contribution in [-0.4, -0.2) is 68.6 Å². The third kappa shape index (κ3) is 4.69. The van der Waals surface area contributed by atoms with Gasteiger partial charge in [-0.05, 0) is 55.8 Å². The highest BCUT2D eigenvalue weighted by molar-refractivity contribution is 6.00. The summed E-state index contributed by atoms with van der Waals surface area (Å²) in [6, 6.07) is 10.7. The summed E-state index contributed by atoms with van der Waals surface area (Å²) in [6.07, 6.45) is -0.0154. The van der Waals surface area contributed by atoms with Crippen molar-refractivity contribution >= 4 is 11.6 Å². The molecule has 0 unspecified atom stereocenters. The molecule has 0 radical (unpaired) electrons. The Kier molecular flexibility index (Phi) is 6.78. The van der Waals surface area contributed by atoms with Crippen LogP contribution < -0.4 is 4.74 Å². The first kappa shape index (κ1) is 25.7. The summed E-state index contributed by atoms with van der Waals surface area (Å²) < 4.78 is 48.5. The molecule has 0 bridgehead atoms. The molecule has 1 atom stereocenters. The van der Waals surface area contributed by atoms with Gasteiger partial charge in [0.05, 0.1) is 19.0 Å². The van der Waals surface area contributed by atoms with Gasteiger partial charge in [-0.15, -0.1) is 0 Å². The lowest BCUT2D eigenvalue weighted by Gasteiger charge is -2.38. The molecule has 8 nitrogen and oxygen atoms in total. The van der Waals surface area contributed by atoms with E-state index in [4.69, 9.17) is 4.74 Å². The summed E-state index contributed by atoms with van der Waals surface area (Å²) in [7, 11) is 1.51. The second kappa shape index (κ2) is 10.1. The van der Waals surface area contributed by atoms with Crippen LogP contribution in [0.3, 0.4) is 0 Å². The zero-order chi connectivity index (χ0) is 27.0. The monoisotopic (exact) mass is 524 g/mol. The normalized spacial score (nSPS) is 15.6. The first-order chi connectivity index (χ1) is 18.2. The van der Waals surface area contributed by atoms with Gasteiger partial charge in [-0.3, -0.25) is 14.7 Å². The van der Waals surface area contributed by atoms with E-state index in [0.717, 1.165) is 10.1 Å². The zero-order valence-corrected chi connectivity index (χ0v) is 21.2. The molecule has 0 aliphatic carbocycles. The molecule has 4 aromatic rings. The van der Waals surface area contributed by atoms with Crippen LogP contribution in [0.2, 0.25) is 0 Å². The van der Waals surface area contributed by atoms with Crippen molar-refractivity contribution in [1.82, 2.24) is 29.4 Å². The minimum absolute atomic E-state index is 0.0425. The number of nitrogens with zero attached hydrogens (tertiary/aromatic N) is 6. The highest BCUT2D eigenvalue weighted by Gasteiger charge is 2.39. The Morgan fingerprint density at radius 3 is 2.29 bits per heavy atom. The number of carbonyl (C=O) groups is 1. The number of amides is 1. The van der Waals surface area contributed by atoms with E-state index in [1.807, 2.05) is 12.1 Å². The standard InChI is InChI=1S/C27H27F3N6O2/c1-17-23(20-4-6-21(38-3)7-5-20)33-25-22(16-32-36(25)24(17)27(28,29)30)26(37)35-14-12-34(13-15-35)18(2)19-8-10-31-11-9-19/h4-11,16,18H,12-15H2,1-3H3/t18-/m0/s1. The number of alkyl halides is 3. The van der Waals surface area contributed by atoms with Crippen LogP contribution in [0.25, 0.3) is 16.9 Å². The summed E-state index contributed by atoms with van der Waals surface area (Å²) in [5, 5.41) is 3.96. The molecule has 5 rings (SSSR count). The number of rotatable bonds is 5. The summed E-state index contributed by atoms with van der Waals surface area (Å²) in [5.41, 5.74) is 0.645. The third-order valence-electron chi connectivity index (χ3n) is 7.08. The predicted octanol–water partition coefficient (Wildman–Crippen LogP) is 4.65. The summed E-state index contributed by atoms with van der Waals surface area (Å²) in [6.45, 7) is 5.60. The molecule has 1 fully saturated rings. The van der Waals surface area contributed by atoms with Crippen molar-refractivity contribution in [3.63, 3.8) is 0 Å². The number of ether oxygens (including phenoxy) is 1. The van der Waals surface area contributed by atoms with Crippen molar-refractivity contribution < 1.29 is 22.7 Å². The van der Waals surface area contributed by atoms with Gasteiger partial charge in [0.15, 0.2) is 11.3 Å². The molecule has 0 N–H and O–H groups in total. The number of hydrogen-bond acceptors (Lipinski definition) is 6. The van der Waals surface area contributed by atoms with E-state index >= 15 is 0 Å². The van der Waals surface area contributed by atoms with E-state index in [1.165, 1.54) is 20.2 Å². The Morgan fingerprint density at radius 2 is 1.68 bits per heavy atom. The van der Waals surface area contributed by atoms with Gasteiger partial charge in [-0.25, -0.2) is 9.50 Å². The van der Waals surface area contributed by atoms with E-state index in [1.54, 1.807) is 41.6 Å². The minimum atomic E-state index is -4.70. The van der Waals surface area contributed by atoms with Gasteiger partial charge in [0.25, 0.3) is 5.91 Å². The van der Waals surface area contributed by atoms with Gasteiger partial charge >= 0.3 is 6.18 Å². The molecule has 11 heteroatoms. The second-order valence-electron chi connectivity index (χ2n) is 9.24. The highest BCUT2D eigenvalue weighted by Crippen LogP contribution is 2.37. The average Bonchev–Trinajstić information content (AvgIpc) is 3.35. The van der Waals surface area contributed by atoms with Crippen LogP contribution >= 0.6 is 0 Å². The van der Waals surface area contributed by atoms with Gasteiger partial charge in [-0.1, -0.05) is 0 Å². The minimum Gasteiger partial charge on any atom is -0.497 e. The first-order valence-electron chi connectivity index (χ1n) is 12.2. The highest BCUT2D eigenvalue weighted by atomic mass is 19.4. The Bertz CT molecular complexity index is 1450. The molecule has 3 aromatic heterocycles. The average molecular weight is 525 g/mol. The fraction of sp³-hybridized carbons (Fsp3) is 0.333. The third-order valence-corrected chi connectivity index (χ3v) is 7.08. The van der Waals surface area contributed by atoms with Gasteiger partial charge in [0, 0.05) is 55.7 Å². The molecular formula is C27H27F3N6O2. The lowest BCUT2D eigenvalue weighted by atomic mass is 10.0. The first-order valence-corrected chi connectivity index (χ1v) is 12.2. The van der Waals surface area contributed by atoms with Crippen LogP contribution in [0, 0.1) is 6.92 Å². The number of piperazine rings is 1. The van der Waals surface area contributed by atoms with E-state index in [0.29, 0.717) is 37.5 Å². The largest absolute Gasteiger partial charge is 0.497 e. The molecule has 4 heterocycles. The maximum Gasteiger partial charge on any atom is 0.433 e. The maximum atomic E-state index is 14.2. The Balaban J connectivity index is 1.46. The number of halogens is 3. The van der Waals surface area contributed by atoms with Crippen LogP contribution in [0.4, 0.5) is 13.2 Å². The topological polar surface area (TPSA) is 75.9 Å². The van der Waals surface area contributed by atoms with Crippen LogP contribution in [0.1, 0.15) is 40.1 Å². The van der Waals surface area contributed by atoms with Crippen molar-refractivity contribution in [2.24, 2.45) is 0 Å². The molecule has 1 aromatic carbocycles. The maximum absolute atomic E-state index is 14.2. The van der Waals surface area contributed by atoms with Gasteiger partial charge in [-0.2, -0.15) is 18.3 Å². The molecule has 198 valence electrons. The van der Waals surface area contributed by atoms with Crippen molar-refractivity contribution in [1.29, 1.82) is 0 Å². The number of fused-ring (bicyclic) bond motifs is 1. The molecule has 38 heavy (non-hydrogen) atoms. The molecule has 1 amide bonds. The smallest absolute Gasteiger partial charge is 0.433 e. The van der Waals surface area contributed by atoms with E-state index in [2.05, 4.69) is 26.9 Å². The van der Waals surface area contributed by atoms with Gasteiger partial charge in [0.2, 0.25) is 0 Å². The Labute approximate surface area is 217 Å². The number of hydrogen-bond donors (Lipinski definition) is 0. The van der Waals surface area contributed by atoms with Crippen molar-refractivity contribution in [2.75, 3.05) is 33.3 Å². The van der Waals surface area contributed by atoms with Crippen molar-refractivity contribution in [3.8, 4) is 17.0 Å². The number of benzene rings is 1. The Morgan fingerprint density at radius 1 is 1.03 bits per heavy atom. The van der Waals surface area contributed by atoms with Crippen molar-refractivity contribution in [3.05, 3.63) is 77.4 Å². The van der Waals surface area contributed by atoms with Crippen LogP contribution in [0.15, 0.2) is 55.0 Å².